The van der Waals surface area contributed by atoms with Crippen LogP contribution in [0.5, 0.6) is 0 Å². The van der Waals surface area contributed by atoms with Crippen LogP contribution in [0.1, 0.15) is 62.0 Å². The van der Waals surface area contributed by atoms with Crippen molar-refractivity contribution in [1.82, 2.24) is 34.0 Å². The Balaban J connectivity index is 1.50. The van der Waals surface area contributed by atoms with Gasteiger partial charge in [-0.25, -0.2) is 9.97 Å². The first-order valence-electron chi connectivity index (χ1n) is 15.0. The molecule has 0 bridgehead atoms. The van der Waals surface area contributed by atoms with Crippen molar-refractivity contribution in [3.8, 4) is 11.3 Å². The SMILES string of the molecule is CC1CC(c2cc(NCCO)nc(-c3cnc4c(C(F)(F)F)cc(CN5CCC[C@H](C)C5)cn4c3=O)c2)(c2nncn2C)C1. The van der Waals surface area contributed by atoms with Crippen LogP contribution >= 0.6 is 0 Å². The van der Waals surface area contributed by atoms with Gasteiger partial charge >= 0.3 is 6.18 Å². The van der Waals surface area contributed by atoms with Crippen LogP contribution < -0.4 is 10.9 Å². The first-order chi connectivity index (χ1) is 21.0. The zero-order valence-electron chi connectivity index (χ0n) is 25.1. The third-order valence-electron chi connectivity index (χ3n) is 8.92. The van der Waals surface area contributed by atoms with Crippen LogP contribution in [0.4, 0.5) is 19.0 Å². The number of likely N-dealkylation sites (tertiary alicyclic amines) is 1. The summed E-state index contributed by atoms with van der Waals surface area (Å²) in [5.41, 5.74) is -0.904. The van der Waals surface area contributed by atoms with E-state index in [9.17, 15) is 23.1 Å². The second kappa shape index (κ2) is 11.6. The van der Waals surface area contributed by atoms with E-state index in [1.165, 1.54) is 12.4 Å². The topological polar surface area (TPSA) is 113 Å². The number of anilines is 1. The van der Waals surface area contributed by atoms with E-state index in [0.29, 0.717) is 29.8 Å². The van der Waals surface area contributed by atoms with E-state index >= 15 is 0 Å². The second-order valence-electron chi connectivity index (χ2n) is 12.6. The lowest BCUT2D eigenvalue weighted by atomic mass is 9.58. The largest absolute Gasteiger partial charge is 0.419 e. The molecule has 1 saturated carbocycles. The molecule has 2 fully saturated rings. The summed E-state index contributed by atoms with van der Waals surface area (Å²) >= 11 is 0. The summed E-state index contributed by atoms with van der Waals surface area (Å²) < 4.78 is 45.7. The van der Waals surface area contributed by atoms with Crippen molar-refractivity contribution in [2.24, 2.45) is 18.9 Å². The van der Waals surface area contributed by atoms with Crippen LogP contribution in [-0.4, -0.2) is 65.4 Å². The van der Waals surface area contributed by atoms with Crippen molar-refractivity contribution < 1.29 is 18.3 Å². The number of aromatic nitrogens is 6. The van der Waals surface area contributed by atoms with Gasteiger partial charge in [-0.15, -0.1) is 10.2 Å². The molecular weight excluding hydrogens is 573 g/mol. The van der Waals surface area contributed by atoms with Gasteiger partial charge in [-0.1, -0.05) is 13.8 Å². The van der Waals surface area contributed by atoms with Gasteiger partial charge in [0.1, 0.15) is 18.0 Å². The summed E-state index contributed by atoms with van der Waals surface area (Å²) in [5, 5.41) is 21.1. The van der Waals surface area contributed by atoms with Gasteiger partial charge in [0.25, 0.3) is 5.56 Å². The monoisotopic (exact) mass is 610 g/mol. The summed E-state index contributed by atoms with van der Waals surface area (Å²) in [6.07, 6.45) is 3.27. The lowest BCUT2D eigenvalue weighted by molar-refractivity contribution is -0.136. The molecule has 0 amide bonds. The predicted octanol–water partition coefficient (Wildman–Crippen LogP) is 4.26. The molecule has 2 N–H and O–H groups in total. The minimum absolute atomic E-state index is 0.0776. The fraction of sp³-hybridized carbons (Fsp3) is 0.516. The van der Waals surface area contributed by atoms with E-state index in [1.807, 2.05) is 17.7 Å². The number of rotatable bonds is 8. The molecule has 1 aliphatic carbocycles. The number of alkyl halides is 3. The number of fused-ring (bicyclic) bond motifs is 1. The Bertz CT molecular complexity index is 1730. The number of hydrogen-bond acceptors (Lipinski definition) is 8. The minimum Gasteiger partial charge on any atom is -0.395 e. The summed E-state index contributed by atoms with van der Waals surface area (Å²) in [7, 11) is 1.88. The van der Waals surface area contributed by atoms with Crippen LogP contribution in [0.25, 0.3) is 16.9 Å². The molecule has 4 aromatic rings. The number of aryl methyl sites for hydroxylation is 1. The molecular formula is C31H37F3N8O2. The van der Waals surface area contributed by atoms with Crippen LogP contribution in [0.2, 0.25) is 0 Å². The van der Waals surface area contributed by atoms with E-state index in [0.717, 1.165) is 60.6 Å². The minimum atomic E-state index is -4.69. The van der Waals surface area contributed by atoms with Crippen molar-refractivity contribution >= 4 is 11.5 Å². The number of nitrogens with zero attached hydrogens (tertiary/aromatic N) is 7. The van der Waals surface area contributed by atoms with Crippen molar-refractivity contribution in [1.29, 1.82) is 0 Å². The standard InChI is InChI=1S/C31H37F3N8O2/c1-19-5-4-7-41(15-19)16-21-9-24(31(32,33)34)27-36-14-23(28(44)42(27)17-21)25-10-22(11-26(38-25)35-6-8-43)30(12-20(2)13-30)29-39-37-18-40(29)3/h9-11,14,17-20,43H,4-8,12-13,15-16H2,1-3H3,(H,35,38)/t19-,20?,30?/m0/s1. The van der Waals surface area contributed by atoms with Crippen LogP contribution in [0.15, 0.2) is 41.7 Å². The van der Waals surface area contributed by atoms with Gasteiger partial charge in [0.15, 0.2) is 5.65 Å². The number of aliphatic hydroxyl groups is 1. The highest BCUT2D eigenvalue weighted by Crippen LogP contribution is 2.52. The maximum atomic E-state index is 14.3. The van der Waals surface area contributed by atoms with Crippen LogP contribution in [-0.2, 0) is 25.2 Å². The maximum absolute atomic E-state index is 14.3. The molecule has 2 aliphatic rings. The molecule has 44 heavy (non-hydrogen) atoms. The van der Waals surface area contributed by atoms with Gasteiger partial charge in [-0.3, -0.25) is 14.1 Å². The van der Waals surface area contributed by atoms with Crippen molar-refractivity contribution in [2.45, 2.75) is 57.7 Å². The van der Waals surface area contributed by atoms with Gasteiger partial charge in [0.05, 0.1) is 28.8 Å². The van der Waals surface area contributed by atoms with E-state index in [-0.39, 0.29) is 24.4 Å². The Kier molecular flexibility index (Phi) is 7.95. The lowest BCUT2D eigenvalue weighted by Crippen LogP contribution is -2.43. The van der Waals surface area contributed by atoms with E-state index < -0.39 is 28.4 Å². The highest BCUT2D eigenvalue weighted by atomic mass is 19.4. The van der Waals surface area contributed by atoms with Gasteiger partial charge in [0, 0.05) is 39.1 Å². The molecule has 5 heterocycles. The number of aliphatic hydroxyl groups excluding tert-OH is 1. The Morgan fingerprint density at radius 1 is 1.16 bits per heavy atom. The maximum Gasteiger partial charge on any atom is 0.419 e. The molecule has 234 valence electrons. The molecule has 1 saturated heterocycles. The van der Waals surface area contributed by atoms with Gasteiger partial charge in [-0.05, 0) is 73.4 Å². The fourth-order valence-electron chi connectivity index (χ4n) is 7.01. The molecule has 10 nitrogen and oxygen atoms in total. The highest BCUT2D eigenvalue weighted by molar-refractivity contribution is 5.65. The Labute approximate surface area is 253 Å². The van der Waals surface area contributed by atoms with E-state index in [4.69, 9.17) is 0 Å². The molecule has 6 rings (SSSR count). The number of piperidine rings is 1. The molecule has 1 aliphatic heterocycles. The molecule has 1 atom stereocenters. The third-order valence-corrected chi connectivity index (χ3v) is 8.92. The molecule has 4 aromatic heterocycles. The summed E-state index contributed by atoms with van der Waals surface area (Å²) in [6, 6.07) is 4.79. The van der Waals surface area contributed by atoms with E-state index in [2.05, 4.69) is 44.2 Å². The van der Waals surface area contributed by atoms with E-state index in [1.54, 1.807) is 12.4 Å². The first-order valence-corrected chi connectivity index (χ1v) is 15.0. The van der Waals surface area contributed by atoms with Crippen LogP contribution in [0.3, 0.4) is 0 Å². The number of hydrogen-bond donors (Lipinski definition) is 2. The third kappa shape index (κ3) is 5.58. The van der Waals surface area contributed by atoms with Gasteiger partial charge in [-0.2, -0.15) is 13.2 Å². The number of nitrogens with one attached hydrogen (secondary N) is 1. The predicted molar refractivity (Wildman–Crippen MR) is 159 cm³/mol. The van der Waals surface area contributed by atoms with Crippen molar-refractivity contribution in [2.75, 3.05) is 31.6 Å². The zero-order valence-corrected chi connectivity index (χ0v) is 25.1. The molecule has 0 radical (unpaired) electrons. The van der Waals surface area contributed by atoms with Crippen LogP contribution in [0, 0.1) is 11.8 Å². The molecule has 0 aromatic carbocycles. The highest BCUT2D eigenvalue weighted by Gasteiger charge is 2.48. The number of halogens is 3. The average Bonchev–Trinajstić information content (AvgIpc) is 3.39. The van der Waals surface area contributed by atoms with Gasteiger partial charge in [0.2, 0.25) is 0 Å². The average molecular weight is 611 g/mol. The summed E-state index contributed by atoms with van der Waals surface area (Å²) in [6.45, 7) is 6.28. The Morgan fingerprint density at radius 2 is 1.95 bits per heavy atom. The Morgan fingerprint density at radius 3 is 2.61 bits per heavy atom. The smallest absolute Gasteiger partial charge is 0.395 e. The molecule has 0 spiro atoms. The lowest BCUT2D eigenvalue weighted by Gasteiger charge is -2.46. The summed E-state index contributed by atoms with van der Waals surface area (Å²) in [4.78, 5) is 25.0. The first kappa shape index (κ1) is 30.2. The van der Waals surface area contributed by atoms with Crippen molar-refractivity contribution in [3.05, 3.63) is 69.8 Å². The quantitative estimate of drug-likeness (QED) is 0.305. The second-order valence-corrected chi connectivity index (χ2v) is 12.6. The van der Waals surface area contributed by atoms with Gasteiger partial charge < -0.3 is 15.0 Å². The molecule has 13 heteroatoms. The fourth-order valence-corrected chi connectivity index (χ4v) is 7.01. The Hall–Kier alpha value is -3.84. The molecule has 0 unspecified atom stereocenters. The zero-order chi connectivity index (χ0) is 31.2. The normalized spacial score (nSPS) is 22.7. The van der Waals surface area contributed by atoms with Crippen molar-refractivity contribution in [3.63, 3.8) is 0 Å². The number of pyridine rings is 2. The summed E-state index contributed by atoms with van der Waals surface area (Å²) in [5.74, 6) is 2.09.